The van der Waals surface area contributed by atoms with Crippen LogP contribution in [0.2, 0.25) is 0 Å². The number of β-amino-alcohol motifs (C(OH)–C–C–N with tert-alkyl or cyclic N) is 1. The second-order valence-electron chi connectivity index (χ2n) is 5.00. The molecule has 8 heteroatoms. The van der Waals surface area contributed by atoms with E-state index in [1.165, 1.54) is 12.0 Å². The molecule has 1 aliphatic rings. The first-order valence-electron chi connectivity index (χ1n) is 6.83. The molecule has 6 nitrogen and oxygen atoms in total. The van der Waals surface area contributed by atoms with Gasteiger partial charge in [-0.15, -0.1) is 0 Å². The second kappa shape index (κ2) is 7.46. The minimum Gasteiger partial charge on any atom is -0.466 e. The molecule has 0 fully saturated rings. The Morgan fingerprint density at radius 2 is 2.13 bits per heavy atom. The van der Waals surface area contributed by atoms with Gasteiger partial charge in [0.2, 0.25) is 0 Å². The summed E-state index contributed by atoms with van der Waals surface area (Å²) in [6, 6.07) is 3.75. The van der Waals surface area contributed by atoms with Crippen molar-refractivity contribution in [1.29, 1.82) is 0 Å². The lowest BCUT2D eigenvalue weighted by Gasteiger charge is -2.16. The average Bonchev–Trinajstić information content (AvgIpc) is 2.79. The highest BCUT2D eigenvalue weighted by Gasteiger charge is 2.34. The summed E-state index contributed by atoms with van der Waals surface area (Å²) < 4.78 is 6.42. The Morgan fingerprint density at radius 1 is 1.43 bits per heavy atom. The van der Waals surface area contributed by atoms with Crippen molar-refractivity contribution in [3.05, 3.63) is 37.9 Å². The maximum Gasteiger partial charge on any atom is 0.337 e. The highest BCUT2D eigenvalue weighted by Crippen LogP contribution is 2.33. The number of amides is 1. The molecule has 0 aliphatic carbocycles. The van der Waals surface area contributed by atoms with Gasteiger partial charge >= 0.3 is 5.97 Å². The van der Waals surface area contributed by atoms with Crippen LogP contribution in [-0.4, -0.2) is 48.7 Å². The average molecular weight is 448 g/mol. The molecule has 1 aromatic rings. The van der Waals surface area contributed by atoms with Crippen molar-refractivity contribution >= 4 is 49.4 Å². The van der Waals surface area contributed by atoms with Gasteiger partial charge in [0, 0.05) is 15.5 Å². The smallest absolute Gasteiger partial charge is 0.337 e. The third-order valence-electron chi connectivity index (χ3n) is 3.46. The number of carbonyl (C=O) groups is 2. The first-order chi connectivity index (χ1) is 10.9. The maximum absolute atomic E-state index is 12.5. The lowest BCUT2D eigenvalue weighted by atomic mass is 10.1. The molecule has 1 amide bonds. The fourth-order valence-electron chi connectivity index (χ4n) is 2.33. The van der Waals surface area contributed by atoms with Crippen LogP contribution in [0.25, 0.3) is 0 Å². The van der Waals surface area contributed by atoms with Crippen molar-refractivity contribution in [2.75, 3.05) is 32.1 Å². The van der Waals surface area contributed by atoms with Gasteiger partial charge in [-0.25, -0.2) is 4.79 Å². The first kappa shape index (κ1) is 18.0. The van der Waals surface area contributed by atoms with Gasteiger partial charge in [0.15, 0.2) is 0 Å². The number of methoxy groups -OCH3 is 1. The third-order valence-corrected chi connectivity index (χ3v) is 4.54. The Morgan fingerprint density at radius 3 is 2.70 bits per heavy atom. The monoisotopic (exact) mass is 446 g/mol. The molecular formula is C15H16Br2N2O4. The predicted octanol–water partition coefficient (Wildman–Crippen LogP) is 2.19. The third kappa shape index (κ3) is 3.76. The van der Waals surface area contributed by atoms with Crippen LogP contribution >= 0.6 is 31.9 Å². The number of esters is 1. The van der Waals surface area contributed by atoms with E-state index >= 15 is 0 Å². The number of aryl methyl sites for hydroxylation is 1. The van der Waals surface area contributed by atoms with Crippen LogP contribution in [-0.2, 0) is 14.3 Å². The zero-order valence-corrected chi connectivity index (χ0v) is 15.8. The zero-order chi connectivity index (χ0) is 17.1. The van der Waals surface area contributed by atoms with E-state index in [0.717, 1.165) is 14.5 Å². The van der Waals surface area contributed by atoms with Gasteiger partial charge in [-0.1, -0.05) is 15.9 Å². The molecule has 0 atom stereocenters. The molecule has 23 heavy (non-hydrogen) atoms. The summed E-state index contributed by atoms with van der Waals surface area (Å²) in [6.45, 7) is 1.99. The predicted molar refractivity (Wildman–Crippen MR) is 92.9 cm³/mol. The van der Waals surface area contributed by atoms with Crippen LogP contribution in [0, 0.1) is 6.92 Å². The molecule has 1 aromatic carbocycles. The highest BCUT2D eigenvalue weighted by molar-refractivity contribution is 9.11. The van der Waals surface area contributed by atoms with Gasteiger partial charge in [-0.05, 0) is 40.5 Å². The first-order valence-corrected chi connectivity index (χ1v) is 8.42. The molecule has 0 unspecified atom stereocenters. The summed E-state index contributed by atoms with van der Waals surface area (Å²) in [5.74, 6) is -0.902. The quantitative estimate of drug-likeness (QED) is 0.676. The molecule has 0 radical (unpaired) electrons. The van der Waals surface area contributed by atoms with E-state index in [0.29, 0.717) is 5.69 Å². The summed E-state index contributed by atoms with van der Waals surface area (Å²) in [4.78, 5) is 25.8. The summed E-state index contributed by atoms with van der Waals surface area (Å²) in [7, 11) is 1.27. The van der Waals surface area contributed by atoms with Gasteiger partial charge in [0.25, 0.3) is 5.91 Å². The Kier molecular flexibility index (Phi) is 5.83. The van der Waals surface area contributed by atoms with Gasteiger partial charge in [0.1, 0.15) is 5.70 Å². The molecule has 1 aliphatic heterocycles. The van der Waals surface area contributed by atoms with Crippen molar-refractivity contribution in [3.63, 3.8) is 0 Å². The number of rotatable bonds is 5. The topological polar surface area (TPSA) is 78.9 Å². The number of hydrogen-bond acceptors (Lipinski definition) is 5. The Bertz CT molecular complexity index is 665. The van der Waals surface area contributed by atoms with E-state index in [-0.39, 0.29) is 36.9 Å². The number of hydrogen-bond donors (Lipinski definition) is 2. The Hall–Kier alpha value is -1.38. The van der Waals surface area contributed by atoms with E-state index in [1.807, 2.05) is 19.1 Å². The number of nitrogens with one attached hydrogen (secondary N) is 1. The van der Waals surface area contributed by atoms with Crippen LogP contribution in [0.15, 0.2) is 32.3 Å². The number of aliphatic hydroxyl groups excluding tert-OH is 1. The van der Waals surface area contributed by atoms with Gasteiger partial charge in [-0.3, -0.25) is 4.79 Å². The SMILES string of the molecule is COC(=O)C1=C(Nc2c(C)cc(Br)cc2Br)C(=O)N(CCO)C1. The summed E-state index contributed by atoms with van der Waals surface area (Å²) in [5, 5.41) is 12.1. The number of benzene rings is 1. The molecule has 0 aromatic heterocycles. The summed E-state index contributed by atoms with van der Waals surface area (Å²) in [6.07, 6.45) is 0. The minimum atomic E-state index is -0.563. The van der Waals surface area contributed by atoms with Crippen LogP contribution < -0.4 is 5.32 Å². The Balaban J connectivity index is 2.41. The minimum absolute atomic E-state index is 0.113. The molecule has 0 saturated heterocycles. The molecule has 124 valence electrons. The molecule has 0 bridgehead atoms. The van der Waals surface area contributed by atoms with Crippen LogP contribution in [0.1, 0.15) is 5.56 Å². The second-order valence-corrected chi connectivity index (χ2v) is 6.77. The van der Waals surface area contributed by atoms with Gasteiger partial charge in [0.05, 0.1) is 31.5 Å². The standard InChI is InChI=1S/C15H16Br2N2O4/c1-8-5-9(16)6-11(17)12(8)18-13-10(15(22)23-2)7-19(3-4-20)14(13)21/h5-6,18,20H,3-4,7H2,1-2H3. The molecule has 2 rings (SSSR count). The normalized spacial score (nSPS) is 14.5. The van der Waals surface area contributed by atoms with E-state index in [4.69, 9.17) is 9.84 Å². The summed E-state index contributed by atoms with van der Waals surface area (Å²) >= 11 is 6.85. The number of halogens is 2. The summed E-state index contributed by atoms with van der Waals surface area (Å²) in [5.41, 5.74) is 2.02. The number of anilines is 1. The number of carbonyl (C=O) groups excluding carboxylic acids is 2. The van der Waals surface area contributed by atoms with Crippen molar-refractivity contribution in [1.82, 2.24) is 4.90 Å². The fourth-order valence-corrected chi connectivity index (χ4v) is 3.87. The molecular weight excluding hydrogens is 432 g/mol. The lowest BCUT2D eigenvalue weighted by Crippen LogP contribution is -2.31. The van der Waals surface area contributed by atoms with Gasteiger partial charge < -0.3 is 20.1 Å². The molecule has 1 heterocycles. The molecule has 0 spiro atoms. The zero-order valence-electron chi connectivity index (χ0n) is 12.7. The van der Waals surface area contributed by atoms with E-state index < -0.39 is 5.97 Å². The molecule has 0 saturated carbocycles. The van der Waals surface area contributed by atoms with Crippen molar-refractivity contribution < 1.29 is 19.4 Å². The van der Waals surface area contributed by atoms with Crippen LogP contribution in [0.4, 0.5) is 5.69 Å². The van der Waals surface area contributed by atoms with Crippen molar-refractivity contribution in [2.24, 2.45) is 0 Å². The van der Waals surface area contributed by atoms with Crippen LogP contribution in [0.5, 0.6) is 0 Å². The molecule has 2 N–H and O–H groups in total. The van der Waals surface area contributed by atoms with E-state index in [9.17, 15) is 9.59 Å². The number of nitrogens with zero attached hydrogens (tertiary/aromatic N) is 1. The van der Waals surface area contributed by atoms with Crippen LogP contribution in [0.3, 0.4) is 0 Å². The lowest BCUT2D eigenvalue weighted by molar-refractivity contribution is -0.136. The number of aliphatic hydroxyl groups is 1. The maximum atomic E-state index is 12.5. The van der Waals surface area contributed by atoms with Gasteiger partial charge in [-0.2, -0.15) is 0 Å². The number of ether oxygens (including phenoxy) is 1. The van der Waals surface area contributed by atoms with Crippen molar-refractivity contribution in [2.45, 2.75) is 6.92 Å². The Labute approximate surface area is 150 Å². The van der Waals surface area contributed by atoms with E-state index in [2.05, 4.69) is 37.2 Å². The highest BCUT2D eigenvalue weighted by atomic mass is 79.9. The van der Waals surface area contributed by atoms with Crippen molar-refractivity contribution in [3.8, 4) is 0 Å². The fraction of sp³-hybridized carbons (Fsp3) is 0.333. The van der Waals surface area contributed by atoms with E-state index in [1.54, 1.807) is 0 Å². The largest absolute Gasteiger partial charge is 0.466 e.